The van der Waals surface area contributed by atoms with Gasteiger partial charge in [0.2, 0.25) is 5.88 Å². The van der Waals surface area contributed by atoms with Gasteiger partial charge in [-0.2, -0.15) is 0 Å². The summed E-state index contributed by atoms with van der Waals surface area (Å²) in [5, 5.41) is 13.1. The van der Waals surface area contributed by atoms with Crippen LogP contribution in [0.25, 0.3) is 0 Å². The van der Waals surface area contributed by atoms with Gasteiger partial charge in [0.1, 0.15) is 11.5 Å². The molecule has 5 heteroatoms. The minimum absolute atomic E-state index is 0.218. The predicted octanol–water partition coefficient (Wildman–Crippen LogP) is 2.09. The number of nitrogens with one attached hydrogen (secondary N) is 1. The van der Waals surface area contributed by atoms with E-state index in [-0.39, 0.29) is 5.75 Å². The van der Waals surface area contributed by atoms with Crippen LogP contribution in [0.15, 0.2) is 36.5 Å². The maximum absolute atomic E-state index is 9.86. The molecule has 20 heavy (non-hydrogen) atoms. The highest BCUT2D eigenvalue weighted by molar-refractivity contribution is 5.39. The zero-order chi connectivity index (χ0) is 14.4. The summed E-state index contributed by atoms with van der Waals surface area (Å²) in [4.78, 5) is 4.13. The van der Waals surface area contributed by atoms with Crippen LogP contribution in [0.5, 0.6) is 17.4 Å². The van der Waals surface area contributed by atoms with Crippen LogP contribution in [-0.2, 0) is 13.1 Å². The molecule has 0 aliphatic carbocycles. The molecule has 0 fully saturated rings. The van der Waals surface area contributed by atoms with Crippen LogP contribution in [0.1, 0.15) is 11.1 Å². The van der Waals surface area contributed by atoms with Crippen molar-refractivity contribution in [1.29, 1.82) is 0 Å². The number of nitrogens with zero attached hydrogens (tertiary/aromatic N) is 1. The number of phenols is 1. The highest BCUT2D eigenvalue weighted by atomic mass is 16.5. The Balaban J connectivity index is 1.96. The van der Waals surface area contributed by atoms with Gasteiger partial charge >= 0.3 is 0 Å². The molecule has 0 radical (unpaired) electrons. The van der Waals surface area contributed by atoms with E-state index in [1.165, 1.54) is 0 Å². The SMILES string of the molecule is COc1ccc(CNCc2cccnc2OC)c(O)c1. The van der Waals surface area contributed by atoms with Crippen LogP contribution in [0.4, 0.5) is 0 Å². The molecule has 0 amide bonds. The maximum Gasteiger partial charge on any atom is 0.217 e. The summed E-state index contributed by atoms with van der Waals surface area (Å²) in [5.41, 5.74) is 1.79. The molecule has 2 N–H and O–H groups in total. The minimum atomic E-state index is 0.218. The number of aromatic nitrogens is 1. The van der Waals surface area contributed by atoms with Gasteiger partial charge < -0.3 is 19.9 Å². The smallest absolute Gasteiger partial charge is 0.217 e. The lowest BCUT2D eigenvalue weighted by atomic mass is 10.2. The number of rotatable bonds is 6. The van der Waals surface area contributed by atoms with E-state index in [1.807, 2.05) is 24.3 Å². The zero-order valence-electron chi connectivity index (χ0n) is 11.6. The van der Waals surface area contributed by atoms with E-state index in [1.54, 1.807) is 26.5 Å². The Labute approximate surface area is 118 Å². The summed E-state index contributed by atoms with van der Waals surface area (Å²) in [6.45, 7) is 1.16. The predicted molar refractivity (Wildman–Crippen MR) is 76.0 cm³/mol. The van der Waals surface area contributed by atoms with Crippen LogP contribution in [0.3, 0.4) is 0 Å². The fourth-order valence-electron chi connectivity index (χ4n) is 1.89. The molecule has 0 saturated carbocycles. The van der Waals surface area contributed by atoms with E-state index in [9.17, 15) is 5.11 Å². The summed E-state index contributed by atoms with van der Waals surface area (Å²) in [6.07, 6.45) is 1.69. The van der Waals surface area contributed by atoms with Gasteiger partial charge in [-0.3, -0.25) is 0 Å². The normalized spacial score (nSPS) is 10.3. The van der Waals surface area contributed by atoms with Gasteiger partial charge in [0.05, 0.1) is 14.2 Å². The number of phenolic OH excluding ortho intramolecular Hbond substituents is 1. The first-order valence-corrected chi connectivity index (χ1v) is 6.29. The maximum atomic E-state index is 9.86. The molecule has 0 aliphatic rings. The molecule has 0 bridgehead atoms. The van der Waals surface area contributed by atoms with E-state index in [4.69, 9.17) is 9.47 Å². The van der Waals surface area contributed by atoms with E-state index in [2.05, 4.69) is 10.3 Å². The number of hydrogen-bond donors (Lipinski definition) is 2. The van der Waals surface area contributed by atoms with Crippen LogP contribution in [0, 0.1) is 0 Å². The lowest BCUT2D eigenvalue weighted by Gasteiger charge is -2.10. The first-order chi connectivity index (χ1) is 9.74. The van der Waals surface area contributed by atoms with Crippen molar-refractivity contribution >= 4 is 0 Å². The number of ether oxygens (including phenoxy) is 2. The minimum Gasteiger partial charge on any atom is -0.507 e. The van der Waals surface area contributed by atoms with Gasteiger partial charge in [0, 0.05) is 36.5 Å². The largest absolute Gasteiger partial charge is 0.507 e. The summed E-state index contributed by atoms with van der Waals surface area (Å²) in [6, 6.07) is 9.07. The molecule has 106 valence electrons. The molecule has 0 unspecified atom stereocenters. The Morgan fingerprint density at radius 3 is 2.60 bits per heavy atom. The molecular formula is C15H18N2O3. The van der Waals surface area contributed by atoms with Gasteiger partial charge in [-0.05, 0) is 12.1 Å². The van der Waals surface area contributed by atoms with Gasteiger partial charge in [-0.25, -0.2) is 4.98 Å². The molecule has 0 spiro atoms. The molecule has 0 atom stereocenters. The molecule has 0 saturated heterocycles. The molecular weight excluding hydrogens is 256 g/mol. The third-order valence-corrected chi connectivity index (χ3v) is 2.97. The highest BCUT2D eigenvalue weighted by Crippen LogP contribution is 2.23. The molecule has 1 aromatic carbocycles. The zero-order valence-corrected chi connectivity index (χ0v) is 11.6. The molecule has 5 nitrogen and oxygen atoms in total. The van der Waals surface area contributed by atoms with Gasteiger partial charge in [0.25, 0.3) is 0 Å². The molecule has 1 heterocycles. The molecule has 2 aromatic rings. The standard InChI is InChI=1S/C15H18N2O3/c1-19-13-6-5-11(14(18)8-13)9-16-10-12-4-3-7-17-15(12)20-2/h3-8,16,18H,9-10H2,1-2H3. The molecule has 0 aliphatic heterocycles. The van der Waals surface area contributed by atoms with E-state index in [0.717, 1.165) is 11.1 Å². The van der Waals surface area contributed by atoms with Crippen LogP contribution < -0.4 is 14.8 Å². The number of aromatic hydroxyl groups is 1. The topological polar surface area (TPSA) is 63.6 Å². The van der Waals surface area contributed by atoms with Crippen LogP contribution in [-0.4, -0.2) is 24.3 Å². The van der Waals surface area contributed by atoms with Crippen LogP contribution in [0.2, 0.25) is 0 Å². The average molecular weight is 274 g/mol. The van der Waals surface area contributed by atoms with Crippen molar-refractivity contribution in [3.05, 3.63) is 47.7 Å². The molecule has 1 aromatic heterocycles. The van der Waals surface area contributed by atoms with Crippen LogP contribution >= 0.6 is 0 Å². The monoisotopic (exact) mass is 274 g/mol. The number of methoxy groups -OCH3 is 2. The Bertz CT molecular complexity index is 573. The second-order valence-corrected chi connectivity index (χ2v) is 4.27. The van der Waals surface area contributed by atoms with E-state index >= 15 is 0 Å². The first kappa shape index (κ1) is 14.1. The van der Waals surface area contributed by atoms with Crippen molar-refractivity contribution in [3.63, 3.8) is 0 Å². The second kappa shape index (κ2) is 6.77. The Hall–Kier alpha value is -2.27. The third kappa shape index (κ3) is 3.39. The van der Waals surface area contributed by atoms with Gasteiger partial charge in [-0.15, -0.1) is 0 Å². The van der Waals surface area contributed by atoms with Crippen molar-refractivity contribution in [3.8, 4) is 17.4 Å². The number of benzene rings is 1. The quantitative estimate of drug-likeness (QED) is 0.844. The fourth-order valence-corrected chi connectivity index (χ4v) is 1.89. The Morgan fingerprint density at radius 1 is 1.10 bits per heavy atom. The van der Waals surface area contributed by atoms with Gasteiger partial charge in [-0.1, -0.05) is 12.1 Å². The number of hydrogen-bond acceptors (Lipinski definition) is 5. The summed E-state index contributed by atoms with van der Waals surface area (Å²) >= 11 is 0. The third-order valence-electron chi connectivity index (χ3n) is 2.97. The van der Waals surface area contributed by atoms with E-state index < -0.39 is 0 Å². The fraction of sp³-hybridized carbons (Fsp3) is 0.267. The second-order valence-electron chi connectivity index (χ2n) is 4.27. The van der Waals surface area contributed by atoms with Crippen molar-refractivity contribution in [1.82, 2.24) is 10.3 Å². The Kier molecular flexibility index (Phi) is 4.79. The van der Waals surface area contributed by atoms with Crippen molar-refractivity contribution < 1.29 is 14.6 Å². The summed E-state index contributed by atoms with van der Waals surface area (Å²) in [7, 11) is 3.17. The van der Waals surface area contributed by atoms with Crippen molar-refractivity contribution in [2.75, 3.05) is 14.2 Å². The average Bonchev–Trinajstić information content (AvgIpc) is 2.49. The van der Waals surface area contributed by atoms with Crippen molar-refractivity contribution in [2.24, 2.45) is 0 Å². The lowest BCUT2D eigenvalue weighted by molar-refractivity contribution is 0.390. The first-order valence-electron chi connectivity index (χ1n) is 6.29. The summed E-state index contributed by atoms with van der Waals surface area (Å²) < 4.78 is 10.2. The Morgan fingerprint density at radius 2 is 1.90 bits per heavy atom. The molecule has 2 rings (SSSR count). The van der Waals surface area contributed by atoms with E-state index in [0.29, 0.717) is 24.7 Å². The van der Waals surface area contributed by atoms with Gasteiger partial charge in [0.15, 0.2) is 0 Å². The highest BCUT2D eigenvalue weighted by Gasteiger charge is 2.05. The summed E-state index contributed by atoms with van der Waals surface area (Å²) in [5.74, 6) is 1.47. The lowest BCUT2D eigenvalue weighted by Crippen LogP contribution is -2.13. The van der Waals surface area contributed by atoms with Crippen molar-refractivity contribution in [2.45, 2.75) is 13.1 Å². The number of pyridine rings is 1.